The number of carbonyl (C=O) groups excluding carboxylic acids is 1. The lowest BCUT2D eigenvalue weighted by molar-refractivity contribution is -0.123. The molecular weight excluding hydrogens is 328 g/mol. The highest BCUT2D eigenvalue weighted by Gasteiger charge is 2.05. The highest BCUT2D eigenvalue weighted by atomic mass is 35.5. The Morgan fingerprint density at radius 1 is 1.21 bits per heavy atom. The zero-order chi connectivity index (χ0) is 17.5. The number of methoxy groups -OCH3 is 1. The van der Waals surface area contributed by atoms with Gasteiger partial charge in [0, 0.05) is 5.02 Å². The maximum atomic E-state index is 11.8. The van der Waals surface area contributed by atoms with Crippen LogP contribution in [0, 0.1) is 6.92 Å². The predicted molar refractivity (Wildman–Crippen MR) is 95.0 cm³/mol. The Kier molecular flexibility index (Phi) is 6.21. The molecule has 1 N–H and O–H groups in total. The van der Waals surface area contributed by atoms with Crippen LogP contribution in [0.25, 0.3) is 0 Å². The molecule has 0 heterocycles. The minimum Gasteiger partial charge on any atom is -0.497 e. The maximum absolute atomic E-state index is 11.8. The Balaban J connectivity index is 1.89. The normalized spacial score (nSPS) is 11.1. The Morgan fingerprint density at radius 2 is 1.92 bits per heavy atom. The van der Waals surface area contributed by atoms with Crippen LogP contribution >= 0.6 is 11.6 Å². The number of aryl methyl sites for hydroxylation is 1. The van der Waals surface area contributed by atoms with E-state index in [0.717, 1.165) is 16.9 Å². The summed E-state index contributed by atoms with van der Waals surface area (Å²) < 4.78 is 10.6. The molecule has 0 saturated carbocycles. The summed E-state index contributed by atoms with van der Waals surface area (Å²) >= 11 is 5.88. The monoisotopic (exact) mass is 346 g/mol. The SMILES string of the molecule is COc1ccc(C(C)=NNC(=O)COc2ccc(Cl)cc2C)cc1. The van der Waals surface area contributed by atoms with Gasteiger partial charge in [-0.05, 0) is 67.4 Å². The van der Waals surface area contributed by atoms with Gasteiger partial charge in [0.15, 0.2) is 6.61 Å². The molecule has 0 aromatic heterocycles. The molecular formula is C18H19ClN2O3. The number of hydrogen-bond acceptors (Lipinski definition) is 4. The van der Waals surface area contributed by atoms with Gasteiger partial charge in [0.2, 0.25) is 0 Å². The minimum atomic E-state index is -0.336. The summed E-state index contributed by atoms with van der Waals surface area (Å²) in [7, 11) is 1.61. The van der Waals surface area contributed by atoms with E-state index < -0.39 is 0 Å². The molecule has 0 bridgehead atoms. The van der Waals surface area contributed by atoms with E-state index in [1.807, 2.05) is 38.1 Å². The van der Waals surface area contributed by atoms with Gasteiger partial charge in [-0.15, -0.1) is 0 Å². The first-order valence-corrected chi connectivity index (χ1v) is 7.74. The molecule has 0 aliphatic heterocycles. The van der Waals surface area contributed by atoms with E-state index in [-0.39, 0.29) is 12.5 Å². The van der Waals surface area contributed by atoms with Crippen molar-refractivity contribution in [2.75, 3.05) is 13.7 Å². The van der Waals surface area contributed by atoms with E-state index in [1.54, 1.807) is 25.3 Å². The summed E-state index contributed by atoms with van der Waals surface area (Å²) in [6.07, 6.45) is 0. The fourth-order valence-electron chi connectivity index (χ4n) is 1.99. The lowest BCUT2D eigenvalue weighted by Crippen LogP contribution is -2.25. The summed E-state index contributed by atoms with van der Waals surface area (Å²) in [5.41, 5.74) is 4.93. The molecule has 2 aromatic rings. The molecule has 5 nitrogen and oxygen atoms in total. The molecule has 6 heteroatoms. The summed E-state index contributed by atoms with van der Waals surface area (Å²) in [5, 5.41) is 4.70. The van der Waals surface area contributed by atoms with Crippen molar-refractivity contribution < 1.29 is 14.3 Å². The van der Waals surface area contributed by atoms with Gasteiger partial charge in [-0.2, -0.15) is 5.10 Å². The smallest absolute Gasteiger partial charge is 0.277 e. The topological polar surface area (TPSA) is 59.9 Å². The third-order valence-electron chi connectivity index (χ3n) is 3.35. The van der Waals surface area contributed by atoms with Gasteiger partial charge in [-0.25, -0.2) is 5.43 Å². The zero-order valence-electron chi connectivity index (χ0n) is 13.8. The van der Waals surface area contributed by atoms with Crippen molar-refractivity contribution in [2.45, 2.75) is 13.8 Å². The second kappa shape index (κ2) is 8.36. The number of ether oxygens (including phenoxy) is 2. The molecule has 0 saturated heterocycles. The molecule has 2 aromatic carbocycles. The summed E-state index contributed by atoms with van der Waals surface area (Å²) in [4.78, 5) is 11.8. The Morgan fingerprint density at radius 3 is 2.54 bits per heavy atom. The fraction of sp³-hybridized carbons (Fsp3) is 0.222. The highest BCUT2D eigenvalue weighted by Crippen LogP contribution is 2.21. The van der Waals surface area contributed by atoms with E-state index in [2.05, 4.69) is 10.5 Å². The van der Waals surface area contributed by atoms with Gasteiger partial charge in [-0.1, -0.05) is 11.6 Å². The summed E-state index contributed by atoms with van der Waals surface area (Å²) in [5.74, 6) is 1.05. The molecule has 0 spiro atoms. The van der Waals surface area contributed by atoms with Gasteiger partial charge < -0.3 is 9.47 Å². The van der Waals surface area contributed by atoms with Crippen LogP contribution in [0.1, 0.15) is 18.1 Å². The van der Waals surface area contributed by atoms with Crippen molar-refractivity contribution in [3.63, 3.8) is 0 Å². The van der Waals surface area contributed by atoms with E-state index in [1.165, 1.54) is 0 Å². The van der Waals surface area contributed by atoms with Crippen molar-refractivity contribution in [2.24, 2.45) is 5.10 Å². The maximum Gasteiger partial charge on any atom is 0.277 e. The number of carbonyl (C=O) groups is 1. The molecule has 1 amide bonds. The van der Waals surface area contributed by atoms with E-state index >= 15 is 0 Å². The number of hydrogen-bond donors (Lipinski definition) is 1. The number of nitrogens with zero attached hydrogens (tertiary/aromatic N) is 1. The molecule has 0 atom stereocenters. The van der Waals surface area contributed by atoms with Crippen molar-refractivity contribution >= 4 is 23.2 Å². The molecule has 0 aliphatic rings. The summed E-state index contributed by atoms with van der Waals surface area (Å²) in [6.45, 7) is 3.55. The van der Waals surface area contributed by atoms with Crippen LogP contribution in [-0.4, -0.2) is 25.3 Å². The van der Waals surface area contributed by atoms with Crippen LogP contribution < -0.4 is 14.9 Å². The first-order valence-electron chi connectivity index (χ1n) is 7.36. The van der Waals surface area contributed by atoms with Crippen LogP contribution in [0.3, 0.4) is 0 Å². The second-order valence-electron chi connectivity index (χ2n) is 5.16. The first kappa shape index (κ1) is 17.8. The van der Waals surface area contributed by atoms with Crippen molar-refractivity contribution in [1.82, 2.24) is 5.43 Å². The van der Waals surface area contributed by atoms with Crippen molar-refractivity contribution in [1.29, 1.82) is 0 Å². The average Bonchev–Trinajstić information content (AvgIpc) is 2.59. The number of amides is 1. The molecule has 0 unspecified atom stereocenters. The van der Waals surface area contributed by atoms with E-state index in [0.29, 0.717) is 16.5 Å². The standard InChI is InChI=1S/C18H19ClN2O3/c1-12-10-15(19)6-9-17(12)24-11-18(22)21-20-13(2)14-4-7-16(23-3)8-5-14/h4-10H,11H2,1-3H3,(H,21,22). The Labute approximate surface area is 146 Å². The van der Waals surface area contributed by atoms with Gasteiger partial charge in [0.1, 0.15) is 11.5 Å². The molecule has 0 radical (unpaired) electrons. The lowest BCUT2D eigenvalue weighted by atomic mass is 10.1. The third-order valence-corrected chi connectivity index (χ3v) is 3.59. The Hall–Kier alpha value is -2.53. The highest BCUT2D eigenvalue weighted by molar-refractivity contribution is 6.30. The average molecular weight is 347 g/mol. The first-order chi connectivity index (χ1) is 11.5. The molecule has 0 aliphatic carbocycles. The van der Waals surface area contributed by atoms with E-state index in [4.69, 9.17) is 21.1 Å². The van der Waals surface area contributed by atoms with Gasteiger partial charge in [-0.3, -0.25) is 4.79 Å². The second-order valence-corrected chi connectivity index (χ2v) is 5.60. The van der Waals surface area contributed by atoms with Crippen molar-refractivity contribution in [3.8, 4) is 11.5 Å². The minimum absolute atomic E-state index is 0.123. The van der Waals surface area contributed by atoms with Crippen LogP contribution in [0.2, 0.25) is 5.02 Å². The molecule has 0 fully saturated rings. The molecule has 2 rings (SSSR count). The summed E-state index contributed by atoms with van der Waals surface area (Å²) in [6, 6.07) is 12.6. The number of rotatable bonds is 6. The largest absolute Gasteiger partial charge is 0.497 e. The number of nitrogens with one attached hydrogen (secondary N) is 1. The number of halogens is 1. The van der Waals surface area contributed by atoms with Crippen LogP contribution in [0.4, 0.5) is 0 Å². The Bertz CT molecular complexity index is 742. The van der Waals surface area contributed by atoms with Crippen LogP contribution in [0.5, 0.6) is 11.5 Å². The zero-order valence-corrected chi connectivity index (χ0v) is 14.6. The van der Waals surface area contributed by atoms with Gasteiger partial charge in [0.25, 0.3) is 5.91 Å². The third kappa shape index (κ3) is 4.99. The van der Waals surface area contributed by atoms with Crippen molar-refractivity contribution in [3.05, 3.63) is 58.6 Å². The number of hydrazone groups is 1. The molecule has 24 heavy (non-hydrogen) atoms. The lowest BCUT2D eigenvalue weighted by Gasteiger charge is -2.08. The van der Waals surface area contributed by atoms with Crippen LogP contribution in [-0.2, 0) is 4.79 Å². The predicted octanol–water partition coefficient (Wildman–Crippen LogP) is 3.58. The van der Waals surface area contributed by atoms with Gasteiger partial charge >= 0.3 is 0 Å². The van der Waals surface area contributed by atoms with E-state index in [9.17, 15) is 4.79 Å². The quantitative estimate of drug-likeness (QED) is 0.642. The number of benzene rings is 2. The van der Waals surface area contributed by atoms with Crippen LogP contribution in [0.15, 0.2) is 47.6 Å². The fourth-order valence-corrected chi connectivity index (χ4v) is 2.22. The van der Waals surface area contributed by atoms with Gasteiger partial charge in [0.05, 0.1) is 12.8 Å². The molecule has 126 valence electrons.